The lowest BCUT2D eigenvalue weighted by Crippen LogP contribution is -2.10. The van der Waals surface area contributed by atoms with Gasteiger partial charge in [0.05, 0.1) is 18.8 Å². The molecule has 0 aliphatic rings. The van der Waals surface area contributed by atoms with Gasteiger partial charge in [0.15, 0.2) is 0 Å². The predicted octanol–water partition coefficient (Wildman–Crippen LogP) is 2.69. The summed E-state index contributed by atoms with van der Waals surface area (Å²) in [5.41, 5.74) is 1.50. The summed E-state index contributed by atoms with van der Waals surface area (Å²) in [6, 6.07) is 7.06. The van der Waals surface area contributed by atoms with Crippen molar-refractivity contribution in [2.45, 2.75) is 0 Å². The van der Waals surface area contributed by atoms with Gasteiger partial charge >= 0.3 is 5.97 Å². The van der Waals surface area contributed by atoms with E-state index in [1.807, 2.05) is 12.1 Å². The van der Waals surface area contributed by atoms with E-state index in [9.17, 15) is 4.79 Å². The largest absolute Gasteiger partial charge is 0.460 e. The lowest BCUT2D eigenvalue weighted by atomic mass is 10.1. The molecule has 90 valence electrons. The first-order valence-electron chi connectivity index (χ1n) is 5.36. The van der Waals surface area contributed by atoms with Crippen LogP contribution >= 0.6 is 0 Å². The Kier molecular flexibility index (Phi) is 5.75. The van der Waals surface area contributed by atoms with E-state index in [1.54, 1.807) is 24.3 Å². The number of esters is 1. The molecular weight excluding hydrogens is 216 g/mol. The van der Waals surface area contributed by atoms with Gasteiger partial charge in [-0.3, -0.25) is 0 Å². The Bertz CT molecular complexity index is 379. The molecule has 1 aromatic rings. The number of hydrogen-bond donors (Lipinski definition) is 0. The molecular formula is C14H16O3. The van der Waals surface area contributed by atoms with Gasteiger partial charge in [0.25, 0.3) is 0 Å². The van der Waals surface area contributed by atoms with E-state index in [0.717, 1.165) is 5.56 Å². The van der Waals surface area contributed by atoms with Crippen molar-refractivity contribution in [2.75, 3.05) is 19.8 Å². The van der Waals surface area contributed by atoms with E-state index in [0.29, 0.717) is 18.8 Å². The highest BCUT2D eigenvalue weighted by atomic mass is 16.6. The van der Waals surface area contributed by atoms with Crippen LogP contribution < -0.4 is 0 Å². The maximum atomic E-state index is 11.6. The van der Waals surface area contributed by atoms with E-state index in [4.69, 9.17) is 9.47 Å². The van der Waals surface area contributed by atoms with Crippen LogP contribution in [0.1, 0.15) is 15.9 Å². The topological polar surface area (TPSA) is 35.5 Å². The molecule has 1 aromatic carbocycles. The molecule has 0 aromatic heterocycles. The zero-order chi connectivity index (χ0) is 12.5. The monoisotopic (exact) mass is 232 g/mol. The Hall–Kier alpha value is -1.87. The number of ether oxygens (including phenoxy) is 2. The van der Waals surface area contributed by atoms with Crippen molar-refractivity contribution in [2.24, 2.45) is 0 Å². The second kappa shape index (κ2) is 7.41. The molecule has 0 saturated carbocycles. The van der Waals surface area contributed by atoms with Gasteiger partial charge in [-0.2, -0.15) is 0 Å². The van der Waals surface area contributed by atoms with E-state index in [1.165, 1.54) is 0 Å². The van der Waals surface area contributed by atoms with E-state index in [2.05, 4.69) is 13.2 Å². The summed E-state index contributed by atoms with van der Waals surface area (Å²) in [5, 5.41) is 0. The maximum absolute atomic E-state index is 11.6. The van der Waals surface area contributed by atoms with Crippen LogP contribution in [0.4, 0.5) is 0 Å². The molecule has 0 bridgehead atoms. The van der Waals surface area contributed by atoms with Gasteiger partial charge in [0.2, 0.25) is 0 Å². The summed E-state index contributed by atoms with van der Waals surface area (Å²) >= 11 is 0. The third kappa shape index (κ3) is 4.66. The van der Waals surface area contributed by atoms with Crippen LogP contribution in [-0.4, -0.2) is 25.8 Å². The van der Waals surface area contributed by atoms with Gasteiger partial charge in [-0.1, -0.05) is 30.9 Å². The zero-order valence-electron chi connectivity index (χ0n) is 9.72. The fraction of sp³-hybridized carbons (Fsp3) is 0.214. The number of rotatable bonds is 7. The second-order valence-electron chi connectivity index (χ2n) is 3.33. The van der Waals surface area contributed by atoms with Gasteiger partial charge in [-0.25, -0.2) is 4.79 Å². The van der Waals surface area contributed by atoms with Crippen LogP contribution in [-0.2, 0) is 9.47 Å². The summed E-state index contributed by atoms with van der Waals surface area (Å²) in [6.45, 7) is 8.25. The van der Waals surface area contributed by atoms with Crippen LogP contribution in [0.2, 0.25) is 0 Å². The van der Waals surface area contributed by atoms with Gasteiger partial charge in [-0.05, 0) is 17.7 Å². The summed E-state index contributed by atoms with van der Waals surface area (Å²) in [6.07, 6.45) is 3.37. The van der Waals surface area contributed by atoms with Crippen LogP contribution in [0, 0.1) is 0 Å². The molecule has 0 fully saturated rings. The molecule has 17 heavy (non-hydrogen) atoms. The number of carbonyl (C=O) groups is 1. The third-order valence-electron chi connectivity index (χ3n) is 2.08. The highest BCUT2D eigenvalue weighted by Gasteiger charge is 2.05. The summed E-state index contributed by atoms with van der Waals surface area (Å²) in [4.78, 5) is 11.6. The lowest BCUT2D eigenvalue weighted by molar-refractivity contribution is 0.0354. The molecule has 0 N–H and O–H groups in total. The maximum Gasteiger partial charge on any atom is 0.338 e. The van der Waals surface area contributed by atoms with Crippen molar-refractivity contribution in [3.63, 3.8) is 0 Å². The molecule has 0 heterocycles. The van der Waals surface area contributed by atoms with Crippen molar-refractivity contribution >= 4 is 12.0 Å². The molecule has 3 nitrogen and oxygen atoms in total. The van der Waals surface area contributed by atoms with Crippen molar-refractivity contribution in [1.29, 1.82) is 0 Å². The van der Waals surface area contributed by atoms with Gasteiger partial charge in [-0.15, -0.1) is 6.58 Å². The molecule has 0 saturated heterocycles. The number of hydrogen-bond acceptors (Lipinski definition) is 3. The molecule has 0 amide bonds. The number of benzene rings is 1. The van der Waals surface area contributed by atoms with Crippen LogP contribution in [0.5, 0.6) is 0 Å². The second-order valence-corrected chi connectivity index (χ2v) is 3.33. The molecule has 0 radical (unpaired) electrons. The Balaban J connectivity index is 2.36. The van der Waals surface area contributed by atoms with Crippen molar-refractivity contribution in [3.05, 3.63) is 54.6 Å². The van der Waals surface area contributed by atoms with Crippen LogP contribution in [0.3, 0.4) is 0 Å². The lowest BCUT2D eigenvalue weighted by Gasteiger charge is -2.05. The number of carbonyl (C=O) groups excluding carboxylic acids is 1. The average Bonchev–Trinajstić information content (AvgIpc) is 2.38. The third-order valence-corrected chi connectivity index (χ3v) is 2.08. The fourth-order valence-corrected chi connectivity index (χ4v) is 1.20. The van der Waals surface area contributed by atoms with Crippen LogP contribution in [0.15, 0.2) is 43.5 Å². The van der Waals surface area contributed by atoms with E-state index < -0.39 is 0 Å². The first-order chi connectivity index (χ1) is 8.27. The predicted molar refractivity (Wildman–Crippen MR) is 67.8 cm³/mol. The normalized spacial score (nSPS) is 9.65. The molecule has 0 atom stereocenters. The average molecular weight is 232 g/mol. The first-order valence-corrected chi connectivity index (χ1v) is 5.36. The van der Waals surface area contributed by atoms with Crippen molar-refractivity contribution < 1.29 is 14.3 Å². The first kappa shape index (κ1) is 13.2. The Morgan fingerprint density at radius 2 is 1.88 bits per heavy atom. The minimum absolute atomic E-state index is 0.246. The highest BCUT2D eigenvalue weighted by Crippen LogP contribution is 2.06. The summed E-state index contributed by atoms with van der Waals surface area (Å²) in [7, 11) is 0. The summed E-state index contributed by atoms with van der Waals surface area (Å²) in [5.74, 6) is -0.345. The molecule has 0 spiro atoms. The molecule has 3 heteroatoms. The van der Waals surface area contributed by atoms with Gasteiger partial charge < -0.3 is 9.47 Å². The SMILES string of the molecule is C=CCOCCOC(=O)c1ccc(C=C)cc1. The van der Waals surface area contributed by atoms with Crippen molar-refractivity contribution in [3.8, 4) is 0 Å². The van der Waals surface area contributed by atoms with E-state index in [-0.39, 0.29) is 12.6 Å². The van der Waals surface area contributed by atoms with Gasteiger partial charge in [0.1, 0.15) is 6.61 Å². The highest BCUT2D eigenvalue weighted by molar-refractivity contribution is 5.89. The molecule has 0 aliphatic heterocycles. The molecule has 1 rings (SSSR count). The van der Waals surface area contributed by atoms with Crippen molar-refractivity contribution in [1.82, 2.24) is 0 Å². The zero-order valence-corrected chi connectivity index (χ0v) is 9.72. The smallest absolute Gasteiger partial charge is 0.338 e. The fourth-order valence-electron chi connectivity index (χ4n) is 1.20. The van der Waals surface area contributed by atoms with Crippen LogP contribution in [0.25, 0.3) is 6.08 Å². The minimum atomic E-state index is -0.345. The Labute approximate surface area is 101 Å². The van der Waals surface area contributed by atoms with Gasteiger partial charge in [0, 0.05) is 0 Å². The molecule has 0 unspecified atom stereocenters. The Morgan fingerprint density at radius 3 is 2.47 bits per heavy atom. The summed E-state index contributed by atoms with van der Waals surface area (Å²) < 4.78 is 10.1. The quantitative estimate of drug-likeness (QED) is 0.412. The minimum Gasteiger partial charge on any atom is -0.460 e. The molecule has 0 aliphatic carbocycles. The Morgan fingerprint density at radius 1 is 1.18 bits per heavy atom. The standard InChI is InChI=1S/C14H16O3/c1-3-9-16-10-11-17-14(15)13-7-5-12(4-2)6-8-13/h3-8H,1-2,9-11H2. The van der Waals surface area contributed by atoms with E-state index >= 15 is 0 Å².